The quantitative estimate of drug-likeness (QED) is 0.357. The van der Waals surface area contributed by atoms with E-state index in [0.29, 0.717) is 0 Å². The molecule has 0 bridgehead atoms. The van der Waals surface area contributed by atoms with Crippen LogP contribution in [0, 0.1) is 5.41 Å². The van der Waals surface area contributed by atoms with Crippen LogP contribution in [0.2, 0.25) is 36.3 Å². The van der Waals surface area contributed by atoms with Crippen LogP contribution in [-0.4, -0.2) is 57.1 Å². The van der Waals surface area contributed by atoms with Crippen molar-refractivity contribution < 1.29 is 27.9 Å². The van der Waals surface area contributed by atoms with Crippen molar-refractivity contribution >= 4 is 22.6 Å². The summed E-state index contributed by atoms with van der Waals surface area (Å²) in [5, 5.41) is -0.0931. The summed E-state index contributed by atoms with van der Waals surface area (Å²) in [5.74, 6) is -2.14. The van der Waals surface area contributed by atoms with Crippen LogP contribution in [0.5, 0.6) is 6.01 Å². The minimum atomic E-state index is -2.34. The van der Waals surface area contributed by atoms with Gasteiger partial charge in [-0.25, -0.2) is 4.57 Å². The van der Waals surface area contributed by atoms with E-state index in [0.717, 1.165) is 0 Å². The topological polar surface area (TPSA) is 98.1 Å². The van der Waals surface area contributed by atoms with Crippen LogP contribution in [0.3, 0.4) is 0 Å². The third kappa shape index (κ3) is 5.61. The highest BCUT2D eigenvalue weighted by molar-refractivity contribution is 6.74. The first kappa shape index (κ1) is 30.0. The smallest absolute Gasteiger partial charge is 0.346 e. The molecule has 2 aliphatic rings. The summed E-state index contributed by atoms with van der Waals surface area (Å²) in [7, 11) is -4.48. The van der Waals surface area contributed by atoms with Crippen LogP contribution in [-0.2, 0) is 29.0 Å². The van der Waals surface area contributed by atoms with Gasteiger partial charge in [0.1, 0.15) is 12.2 Å². The van der Waals surface area contributed by atoms with Gasteiger partial charge in [0.25, 0.3) is 5.56 Å². The number of esters is 1. The van der Waals surface area contributed by atoms with Gasteiger partial charge < -0.3 is 23.1 Å². The van der Waals surface area contributed by atoms with Gasteiger partial charge in [0, 0.05) is 12.3 Å². The van der Waals surface area contributed by atoms with Crippen LogP contribution in [0.4, 0.5) is 0 Å². The van der Waals surface area contributed by atoms with Gasteiger partial charge >= 0.3 is 17.9 Å². The Morgan fingerprint density at radius 2 is 1.59 bits per heavy atom. The van der Waals surface area contributed by atoms with E-state index in [4.69, 9.17) is 23.1 Å². The van der Waals surface area contributed by atoms with Crippen molar-refractivity contribution in [1.29, 1.82) is 0 Å². The molecular weight excluding hydrogens is 508 g/mol. The van der Waals surface area contributed by atoms with Crippen molar-refractivity contribution in [3.63, 3.8) is 0 Å². The molecule has 0 aliphatic carbocycles. The number of rotatable bonds is 6. The fraction of sp³-hybridized carbons (Fsp3) is 0.808. The number of carbonyl (C=O) groups is 1. The molecule has 37 heavy (non-hydrogen) atoms. The fourth-order valence-electron chi connectivity index (χ4n) is 3.62. The highest BCUT2D eigenvalue weighted by Gasteiger charge is 2.68. The van der Waals surface area contributed by atoms with Crippen molar-refractivity contribution in [2.45, 2.75) is 123 Å². The summed E-state index contributed by atoms with van der Waals surface area (Å²) in [6, 6.07) is 1.33. The number of carbonyl (C=O) groups excluding carboxylic acids is 1. The lowest BCUT2D eigenvalue weighted by Gasteiger charge is -2.41. The summed E-state index contributed by atoms with van der Waals surface area (Å²) >= 11 is 0. The van der Waals surface area contributed by atoms with Crippen molar-refractivity contribution in [3.05, 3.63) is 22.6 Å². The average Bonchev–Trinajstić information content (AvgIpc) is 3.14. The summed E-state index contributed by atoms with van der Waals surface area (Å²) < 4.78 is 34.0. The Morgan fingerprint density at radius 3 is 2.11 bits per heavy atom. The predicted molar refractivity (Wildman–Crippen MR) is 147 cm³/mol. The monoisotopic (exact) mass is 554 g/mol. The fourth-order valence-corrected chi connectivity index (χ4v) is 5.94. The molecule has 1 aromatic heterocycles. The van der Waals surface area contributed by atoms with Crippen LogP contribution < -0.4 is 10.3 Å². The van der Waals surface area contributed by atoms with E-state index in [2.05, 4.69) is 72.7 Å². The first-order valence-corrected chi connectivity index (χ1v) is 18.8. The molecule has 1 fully saturated rings. The largest absolute Gasteiger partial charge is 0.449 e. The van der Waals surface area contributed by atoms with Gasteiger partial charge in [0.05, 0.1) is 12.0 Å². The number of hydrogen-bond donors (Lipinski definition) is 0. The average molecular weight is 555 g/mol. The number of ether oxygens (including phenoxy) is 3. The first-order valence-electron chi connectivity index (χ1n) is 13.0. The maximum atomic E-state index is 13.2. The Balaban J connectivity index is 2.10. The zero-order valence-electron chi connectivity index (χ0n) is 24.8. The molecule has 0 radical (unpaired) electrons. The van der Waals surface area contributed by atoms with Crippen LogP contribution in [0.1, 0.15) is 62.3 Å². The molecule has 1 saturated heterocycles. The van der Waals surface area contributed by atoms with Crippen molar-refractivity contribution in [2.24, 2.45) is 5.41 Å². The minimum Gasteiger partial charge on any atom is -0.449 e. The summed E-state index contributed by atoms with van der Waals surface area (Å²) in [5.41, 5.74) is -1.26. The predicted octanol–water partition coefficient (Wildman–Crippen LogP) is 5.01. The third-order valence-electron chi connectivity index (χ3n) is 8.19. The molecule has 0 unspecified atom stereocenters. The Hall–Kier alpha value is -1.54. The van der Waals surface area contributed by atoms with Crippen LogP contribution >= 0.6 is 0 Å². The Bertz CT molecular complexity index is 1080. The molecule has 3 rings (SSSR count). The molecule has 3 heterocycles. The number of fused-ring (bicyclic) bond motifs is 3. The van der Waals surface area contributed by atoms with Gasteiger partial charge in [0.15, 0.2) is 16.6 Å². The standard InChI is InChI=1S/C26H46N2O7Si2/c1-23(2,3)21(30)34-26-20(32-22-27-18(29)14-15-28(22)26)19(35-37(12,13)25(7,8)9)17(33-26)16-31-36(10,11)24(4,5)6/h14-15,17,19-20H,16H2,1-13H3/t17-,19-,20-,26-/m1/s1. The molecule has 0 spiro atoms. The Kier molecular flexibility index (Phi) is 7.53. The molecule has 11 heteroatoms. The lowest BCUT2D eigenvalue weighted by atomic mass is 9.97. The van der Waals surface area contributed by atoms with Gasteiger partial charge in [-0.05, 0) is 57.0 Å². The zero-order valence-corrected chi connectivity index (χ0v) is 26.8. The first-order chi connectivity index (χ1) is 16.5. The van der Waals surface area contributed by atoms with E-state index < -0.39 is 57.8 Å². The second kappa shape index (κ2) is 9.29. The summed E-state index contributed by atoms with van der Waals surface area (Å²) in [6.45, 7) is 27.3. The van der Waals surface area contributed by atoms with Gasteiger partial charge in [0.2, 0.25) is 6.10 Å². The second-order valence-electron chi connectivity index (χ2n) is 14.3. The van der Waals surface area contributed by atoms with Crippen molar-refractivity contribution in [3.8, 4) is 6.01 Å². The minimum absolute atomic E-state index is 0.0000556. The van der Waals surface area contributed by atoms with E-state index in [1.165, 1.54) is 16.8 Å². The number of aromatic nitrogens is 2. The molecule has 210 valence electrons. The van der Waals surface area contributed by atoms with E-state index in [-0.39, 0.29) is 22.7 Å². The molecule has 2 aliphatic heterocycles. The van der Waals surface area contributed by atoms with Crippen molar-refractivity contribution in [2.75, 3.05) is 6.61 Å². The normalized spacial score (nSPS) is 26.5. The van der Waals surface area contributed by atoms with Gasteiger partial charge in [-0.3, -0.25) is 9.59 Å². The molecule has 9 nitrogen and oxygen atoms in total. The maximum absolute atomic E-state index is 13.2. The molecule has 0 amide bonds. The van der Waals surface area contributed by atoms with Crippen molar-refractivity contribution in [1.82, 2.24) is 9.55 Å². The third-order valence-corrected chi connectivity index (χ3v) is 17.2. The van der Waals surface area contributed by atoms with Gasteiger partial charge in [-0.1, -0.05) is 41.5 Å². The highest BCUT2D eigenvalue weighted by Crippen LogP contribution is 2.50. The van der Waals surface area contributed by atoms with E-state index >= 15 is 0 Å². The molecule has 1 aromatic rings. The number of nitrogens with zero attached hydrogens (tertiary/aromatic N) is 2. The molecule has 0 N–H and O–H groups in total. The lowest BCUT2D eigenvalue weighted by Crippen LogP contribution is -2.53. The van der Waals surface area contributed by atoms with Gasteiger partial charge in [-0.2, -0.15) is 4.98 Å². The summed E-state index contributed by atoms with van der Waals surface area (Å²) in [6.07, 6.45) is -0.555. The summed E-state index contributed by atoms with van der Waals surface area (Å²) in [4.78, 5) is 29.3. The van der Waals surface area contributed by atoms with Crippen LogP contribution in [0.15, 0.2) is 17.1 Å². The zero-order chi connectivity index (χ0) is 28.4. The molecule has 4 atom stereocenters. The van der Waals surface area contributed by atoms with Crippen LogP contribution in [0.25, 0.3) is 0 Å². The van der Waals surface area contributed by atoms with Gasteiger partial charge in [-0.15, -0.1) is 0 Å². The van der Waals surface area contributed by atoms with E-state index in [1.807, 2.05) is 0 Å². The highest BCUT2D eigenvalue weighted by atomic mass is 28.4. The Labute approximate surface area is 223 Å². The Morgan fingerprint density at radius 1 is 1.03 bits per heavy atom. The molecule has 0 aromatic carbocycles. The maximum Gasteiger partial charge on any atom is 0.346 e. The van der Waals surface area contributed by atoms with E-state index in [9.17, 15) is 9.59 Å². The SMILES string of the molecule is CC(C)(C)C(=O)O[C@]12O[C@H](CO[Si](C)(C)C(C)(C)C)[C@@H](O[Si](C)(C)C(C)(C)C)[C@H]1Oc1nc(=O)ccn12. The molecular formula is C26H46N2O7Si2. The lowest BCUT2D eigenvalue weighted by molar-refractivity contribution is -0.283. The number of hydrogen-bond acceptors (Lipinski definition) is 8. The molecule has 0 saturated carbocycles. The van der Waals surface area contributed by atoms with E-state index in [1.54, 1.807) is 20.8 Å². The second-order valence-corrected chi connectivity index (χ2v) is 23.9.